The van der Waals surface area contributed by atoms with Crippen molar-refractivity contribution in [2.45, 2.75) is 26.6 Å². The van der Waals surface area contributed by atoms with Crippen LogP contribution in [0, 0.1) is 6.92 Å². The van der Waals surface area contributed by atoms with Gasteiger partial charge in [0.1, 0.15) is 5.82 Å². The molecular weight excluding hydrogens is 246 g/mol. The minimum absolute atomic E-state index is 0.807. The smallest absolute Gasteiger partial charge is 0.123 e. The van der Waals surface area contributed by atoms with Gasteiger partial charge in [0.25, 0.3) is 0 Å². The lowest BCUT2D eigenvalue weighted by Crippen LogP contribution is -2.33. The third-order valence-corrected chi connectivity index (χ3v) is 3.53. The van der Waals surface area contributed by atoms with E-state index in [9.17, 15) is 0 Å². The first-order chi connectivity index (χ1) is 8.70. The zero-order valence-electron chi connectivity index (χ0n) is 10.4. The predicted octanol–water partition coefficient (Wildman–Crippen LogP) is 2.86. The normalized spacial score (nSPS) is 15.7. The van der Waals surface area contributed by atoms with Crippen LogP contribution in [0.5, 0.6) is 0 Å². The molecule has 3 rings (SSSR count). The first kappa shape index (κ1) is 11.8. The molecule has 1 aliphatic rings. The van der Waals surface area contributed by atoms with Crippen molar-refractivity contribution in [2.24, 2.45) is 0 Å². The van der Waals surface area contributed by atoms with Gasteiger partial charge in [-0.1, -0.05) is 23.7 Å². The van der Waals surface area contributed by atoms with Crippen LogP contribution < -0.4 is 0 Å². The molecule has 0 radical (unpaired) electrons. The highest BCUT2D eigenvalue weighted by Gasteiger charge is 2.17. The maximum Gasteiger partial charge on any atom is 0.123 e. The van der Waals surface area contributed by atoms with Gasteiger partial charge in [-0.05, 0) is 24.6 Å². The second-order valence-corrected chi connectivity index (χ2v) is 5.27. The number of aromatic nitrogens is 2. The Hall–Kier alpha value is -1.32. The standard InChI is InChI=1S/C14H16ClN3/c1-11-8-18-6-5-17(10-14(18)16-11)9-12-3-2-4-13(15)7-12/h2-4,7-8H,5-6,9-10H2,1H3. The Labute approximate surface area is 112 Å². The number of hydrogen-bond acceptors (Lipinski definition) is 2. The lowest BCUT2D eigenvalue weighted by atomic mass is 10.2. The van der Waals surface area contributed by atoms with Crippen molar-refractivity contribution >= 4 is 11.6 Å². The zero-order valence-corrected chi connectivity index (χ0v) is 11.2. The van der Waals surface area contributed by atoms with Crippen LogP contribution in [0.4, 0.5) is 0 Å². The van der Waals surface area contributed by atoms with E-state index in [-0.39, 0.29) is 0 Å². The molecule has 0 saturated carbocycles. The summed E-state index contributed by atoms with van der Waals surface area (Å²) in [4.78, 5) is 6.97. The molecule has 2 aromatic rings. The van der Waals surface area contributed by atoms with Crippen molar-refractivity contribution in [1.29, 1.82) is 0 Å². The summed E-state index contributed by atoms with van der Waals surface area (Å²) in [6.45, 7) is 5.99. The largest absolute Gasteiger partial charge is 0.332 e. The summed E-state index contributed by atoms with van der Waals surface area (Å²) in [6, 6.07) is 8.08. The molecule has 0 atom stereocenters. The molecule has 0 bridgehead atoms. The maximum atomic E-state index is 6.01. The number of rotatable bonds is 2. The third kappa shape index (κ3) is 2.42. The summed E-state index contributed by atoms with van der Waals surface area (Å²) in [5.74, 6) is 1.17. The fourth-order valence-corrected chi connectivity index (χ4v) is 2.69. The molecule has 0 fully saturated rings. The summed E-state index contributed by atoms with van der Waals surface area (Å²) >= 11 is 6.01. The highest BCUT2D eigenvalue weighted by Crippen LogP contribution is 2.17. The summed E-state index contributed by atoms with van der Waals surface area (Å²) in [5.41, 5.74) is 2.37. The monoisotopic (exact) mass is 261 g/mol. The lowest BCUT2D eigenvalue weighted by molar-refractivity contribution is 0.209. The van der Waals surface area contributed by atoms with E-state index < -0.39 is 0 Å². The molecule has 4 heteroatoms. The van der Waals surface area contributed by atoms with E-state index in [0.717, 1.165) is 36.9 Å². The van der Waals surface area contributed by atoms with Gasteiger partial charge in [0.2, 0.25) is 0 Å². The number of hydrogen-bond donors (Lipinski definition) is 0. The first-order valence-electron chi connectivity index (χ1n) is 6.20. The molecule has 0 unspecified atom stereocenters. The SMILES string of the molecule is Cc1cn2c(n1)CN(Cc1cccc(Cl)c1)CC2. The van der Waals surface area contributed by atoms with Crippen LogP contribution in [0.2, 0.25) is 5.02 Å². The Morgan fingerprint density at radius 2 is 2.22 bits per heavy atom. The average molecular weight is 262 g/mol. The summed E-state index contributed by atoms with van der Waals surface area (Å²) in [5, 5.41) is 0.807. The number of benzene rings is 1. The number of aryl methyl sites for hydroxylation is 1. The molecule has 2 heterocycles. The van der Waals surface area contributed by atoms with Crippen LogP contribution >= 0.6 is 11.6 Å². The molecular formula is C14H16ClN3. The molecule has 0 spiro atoms. The van der Waals surface area contributed by atoms with Crippen molar-refractivity contribution < 1.29 is 0 Å². The Balaban J connectivity index is 1.73. The van der Waals surface area contributed by atoms with Crippen molar-refractivity contribution in [1.82, 2.24) is 14.5 Å². The molecule has 0 N–H and O–H groups in total. The lowest BCUT2D eigenvalue weighted by Gasteiger charge is -2.27. The Morgan fingerprint density at radius 1 is 1.33 bits per heavy atom. The molecule has 3 nitrogen and oxygen atoms in total. The summed E-state index contributed by atoms with van der Waals surface area (Å²) in [7, 11) is 0. The van der Waals surface area contributed by atoms with Crippen molar-refractivity contribution in [3.63, 3.8) is 0 Å². The first-order valence-corrected chi connectivity index (χ1v) is 6.58. The zero-order chi connectivity index (χ0) is 12.5. The number of imidazole rings is 1. The summed E-state index contributed by atoms with van der Waals surface area (Å²) in [6.07, 6.45) is 2.13. The molecule has 0 aliphatic carbocycles. The Bertz CT molecular complexity index is 562. The van der Waals surface area contributed by atoms with Crippen molar-refractivity contribution in [3.8, 4) is 0 Å². The molecule has 1 aromatic carbocycles. The van der Waals surface area contributed by atoms with Crippen LogP contribution in [0.15, 0.2) is 30.5 Å². The van der Waals surface area contributed by atoms with Gasteiger partial charge in [-0.15, -0.1) is 0 Å². The van der Waals surface area contributed by atoms with Gasteiger partial charge >= 0.3 is 0 Å². The Morgan fingerprint density at radius 3 is 3.06 bits per heavy atom. The second kappa shape index (κ2) is 4.75. The van der Waals surface area contributed by atoms with E-state index >= 15 is 0 Å². The maximum absolute atomic E-state index is 6.01. The van der Waals surface area contributed by atoms with Gasteiger partial charge in [0.15, 0.2) is 0 Å². The van der Waals surface area contributed by atoms with E-state index in [2.05, 4.69) is 26.7 Å². The molecule has 0 amide bonds. The van der Waals surface area contributed by atoms with Gasteiger partial charge in [-0.25, -0.2) is 4.98 Å². The number of fused-ring (bicyclic) bond motifs is 1. The molecule has 18 heavy (non-hydrogen) atoms. The van der Waals surface area contributed by atoms with Crippen LogP contribution in [-0.2, 0) is 19.6 Å². The molecule has 1 aliphatic heterocycles. The highest BCUT2D eigenvalue weighted by atomic mass is 35.5. The van der Waals surface area contributed by atoms with Crippen LogP contribution in [0.1, 0.15) is 17.1 Å². The molecule has 1 aromatic heterocycles. The number of nitrogens with zero attached hydrogens (tertiary/aromatic N) is 3. The van der Waals surface area contributed by atoms with E-state index in [1.54, 1.807) is 0 Å². The van der Waals surface area contributed by atoms with E-state index in [4.69, 9.17) is 11.6 Å². The Kier molecular flexibility index (Phi) is 3.10. The van der Waals surface area contributed by atoms with Gasteiger partial charge in [0.05, 0.1) is 12.2 Å². The summed E-state index contributed by atoms with van der Waals surface area (Å²) < 4.78 is 2.25. The van der Waals surface area contributed by atoms with E-state index in [1.165, 1.54) is 11.4 Å². The average Bonchev–Trinajstić information content (AvgIpc) is 2.68. The fraction of sp³-hybridized carbons (Fsp3) is 0.357. The van der Waals surface area contributed by atoms with Gasteiger partial charge in [0, 0.05) is 30.9 Å². The van der Waals surface area contributed by atoms with Gasteiger partial charge < -0.3 is 4.57 Å². The topological polar surface area (TPSA) is 21.1 Å². The van der Waals surface area contributed by atoms with E-state index in [0.29, 0.717) is 0 Å². The molecule has 0 saturated heterocycles. The molecule has 94 valence electrons. The van der Waals surface area contributed by atoms with Crippen LogP contribution in [-0.4, -0.2) is 21.0 Å². The second-order valence-electron chi connectivity index (χ2n) is 4.83. The van der Waals surface area contributed by atoms with E-state index in [1.807, 2.05) is 25.1 Å². The number of halogens is 1. The van der Waals surface area contributed by atoms with Crippen molar-refractivity contribution in [3.05, 3.63) is 52.6 Å². The highest BCUT2D eigenvalue weighted by molar-refractivity contribution is 6.30. The fourth-order valence-electron chi connectivity index (χ4n) is 2.47. The van der Waals surface area contributed by atoms with Crippen molar-refractivity contribution in [2.75, 3.05) is 6.54 Å². The third-order valence-electron chi connectivity index (χ3n) is 3.30. The quantitative estimate of drug-likeness (QED) is 0.829. The van der Waals surface area contributed by atoms with Crippen LogP contribution in [0.25, 0.3) is 0 Å². The van der Waals surface area contributed by atoms with Gasteiger partial charge in [-0.2, -0.15) is 0 Å². The van der Waals surface area contributed by atoms with Crippen LogP contribution in [0.3, 0.4) is 0 Å². The minimum atomic E-state index is 0.807. The predicted molar refractivity (Wildman–Crippen MR) is 72.5 cm³/mol. The van der Waals surface area contributed by atoms with Gasteiger partial charge in [-0.3, -0.25) is 4.90 Å². The minimum Gasteiger partial charge on any atom is -0.332 e.